The Morgan fingerprint density at radius 1 is 1.45 bits per heavy atom. The molecule has 1 N–H and O–H groups in total. The third-order valence-electron chi connectivity index (χ3n) is 4.01. The second-order valence-electron chi connectivity index (χ2n) is 5.81. The van der Waals surface area contributed by atoms with E-state index in [0.717, 1.165) is 23.9 Å². The minimum atomic E-state index is -0.351. The van der Waals surface area contributed by atoms with Crippen LogP contribution >= 0.6 is 15.9 Å². The predicted octanol–water partition coefficient (Wildman–Crippen LogP) is 4.27. The van der Waals surface area contributed by atoms with Crippen LogP contribution in [0.1, 0.15) is 38.2 Å². The summed E-state index contributed by atoms with van der Waals surface area (Å²) in [5, 5.41) is 14.3. The quantitative estimate of drug-likeness (QED) is 0.643. The van der Waals surface area contributed by atoms with Gasteiger partial charge in [0.1, 0.15) is 0 Å². The van der Waals surface area contributed by atoms with Crippen molar-refractivity contribution in [1.82, 2.24) is 5.32 Å². The Kier molecular flexibility index (Phi) is 5.54. The van der Waals surface area contributed by atoms with Crippen molar-refractivity contribution >= 4 is 21.6 Å². The molecular formula is C15H21BrN2O2. The molecule has 0 bridgehead atoms. The van der Waals surface area contributed by atoms with Gasteiger partial charge in [-0.05, 0) is 58.8 Å². The van der Waals surface area contributed by atoms with Gasteiger partial charge >= 0.3 is 0 Å². The average Bonchev–Trinajstić information content (AvgIpc) is 2.40. The van der Waals surface area contributed by atoms with Gasteiger partial charge in [0.2, 0.25) is 0 Å². The maximum absolute atomic E-state index is 10.9. The van der Waals surface area contributed by atoms with E-state index in [1.807, 2.05) is 6.07 Å². The molecule has 1 aromatic rings. The molecule has 2 atom stereocenters. The fraction of sp³-hybridized carbons (Fsp3) is 0.600. The molecule has 1 aromatic carbocycles. The Balaban J connectivity index is 1.85. The molecule has 2 rings (SSSR count). The van der Waals surface area contributed by atoms with Gasteiger partial charge in [-0.3, -0.25) is 10.1 Å². The van der Waals surface area contributed by atoms with Crippen LogP contribution in [-0.2, 0) is 6.54 Å². The van der Waals surface area contributed by atoms with Crippen LogP contribution in [0.5, 0.6) is 0 Å². The Hall–Kier alpha value is -0.940. The number of halogens is 1. The zero-order valence-electron chi connectivity index (χ0n) is 11.8. The lowest BCUT2D eigenvalue weighted by molar-refractivity contribution is -0.385. The van der Waals surface area contributed by atoms with Crippen LogP contribution in [-0.4, -0.2) is 11.5 Å². The summed E-state index contributed by atoms with van der Waals surface area (Å²) in [6, 6.07) is 5.31. The largest absolute Gasteiger partial charge is 0.312 e. The molecule has 0 saturated heterocycles. The first-order valence-electron chi connectivity index (χ1n) is 7.20. The van der Waals surface area contributed by atoms with Crippen LogP contribution in [0.3, 0.4) is 0 Å². The molecule has 110 valence electrons. The van der Waals surface area contributed by atoms with Gasteiger partial charge < -0.3 is 5.32 Å². The van der Waals surface area contributed by atoms with Crippen molar-refractivity contribution in [2.45, 2.75) is 39.2 Å². The fourth-order valence-electron chi connectivity index (χ4n) is 2.97. The Bertz CT molecular complexity index is 479. The second-order valence-corrected chi connectivity index (χ2v) is 6.67. The molecule has 4 nitrogen and oxygen atoms in total. The van der Waals surface area contributed by atoms with E-state index < -0.39 is 0 Å². The number of hydrogen-bond donors (Lipinski definition) is 1. The van der Waals surface area contributed by atoms with E-state index in [0.29, 0.717) is 11.0 Å². The fourth-order valence-corrected chi connectivity index (χ4v) is 3.37. The smallest absolute Gasteiger partial charge is 0.283 e. The molecule has 1 aliphatic rings. The summed E-state index contributed by atoms with van der Waals surface area (Å²) >= 11 is 3.21. The van der Waals surface area contributed by atoms with Crippen molar-refractivity contribution in [3.05, 3.63) is 38.3 Å². The maximum Gasteiger partial charge on any atom is 0.283 e. The number of nitro benzene ring substituents is 1. The molecule has 0 aliphatic heterocycles. The molecule has 1 aliphatic carbocycles. The van der Waals surface area contributed by atoms with E-state index in [-0.39, 0.29) is 10.6 Å². The van der Waals surface area contributed by atoms with Crippen LogP contribution in [0.15, 0.2) is 22.7 Å². The van der Waals surface area contributed by atoms with Crippen molar-refractivity contribution < 1.29 is 4.92 Å². The number of nitrogens with one attached hydrogen (secondary N) is 1. The molecule has 1 fully saturated rings. The molecule has 0 heterocycles. The third kappa shape index (κ3) is 4.28. The van der Waals surface area contributed by atoms with E-state index in [4.69, 9.17) is 0 Å². The van der Waals surface area contributed by atoms with Crippen LogP contribution in [0.4, 0.5) is 5.69 Å². The van der Waals surface area contributed by atoms with Crippen LogP contribution < -0.4 is 5.32 Å². The molecule has 0 aromatic heterocycles. The van der Waals surface area contributed by atoms with E-state index in [2.05, 4.69) is 28.2 Å². The highest BCUT2D eigenvalue weighted by Gasteiger charge is 2.18. The Labute approximate surface area is 128 Å². The second kappa shape index (κ2) is 7.18. The van der Waals surface area contributed by atoms with Gasteiger partial charge in [0.25, 0.3) is 5.69 Å². The zero-order valence-corrected chi connectivity index (χ0v) is 13.4. The van der Waals surface area contributed by atoms with Crippen molar-refractivity contribution in [2.75, 3.05) is 6.54 Å². The summed E-state index contributed by atoms with van der Waals surface area (Å²) in [5.41, 5.74) is 1.10. The minimum absolute atomic E-state index is 0.135. The van der Waals surface area contributed by atoms with Crippen LogP contribution in [0.25, 0.3) is 0 Å². The SMILES string of the molecule is CC1CCCC(CNCc2ccc(Br)c([N+](=O)[O-])c2)C1. The number of rotatable bonds is 5. The van der Waals surface area contributed by atoms with Crippen molar-refractivity contribution in [1.29, 1.82) is 0 Å². The van der Waals surface area contributed by atoms with Crippen molar-refractivity contribution in [2.24, 2.45) is 11.8 Å². The summed E-state index contributed by atoms with van der Waals surface area (Å²) in [7, 11) is 0. The number of hydrogen-bond acceptors (Lipinski definition) is 3. The van der Waals surface area contributed by atoms with Crippen molar-refractivity contribution in [3.8, 4) is 0 Å². The average molecular weight is 341 g/mol. The maximum atomic E-state index is 10.9. The highest BCUT2D eigenvalue weighted by molar-refractivity contribution is 9.10. The Morgan fingerprint density at radius 2 is 2.25 bits per heavy atom. The lowest BCUT2D eigenvalue weighted by Gasteiger charge is -2.26. The van der Waals surface area contributed by atoms with Crippen LogP contribution in [0, 0.1) is 22.0 Å². The summed E-state index contributed by atoms with van der Waals surface area (Å²) in [6.45, 7) is 4.03. The molecule has 0 spiro atoms. The highest BCUT2D eigenvalue weighted by atomic mass is 79.9. The summed E-state index contributed by atoms with van der Waals surface area (Å²) < 4.78 is 0.535. The van der Waals surface area contributed by atoms with Gasteiger partial charge in [-0.25, -0.2) is 0 Å². The molecule has 5 heteroatoms. The first-order valence-corrected chi connectivity index (χ1v) is 7.99. The summed E-state index contributed by atoms with van der Waals surface area (Å²) in [4.78, 5) is 10.5. The van der Waals surface area contributed by atoms with Gasteiger partial charge in [0.15, 0.2) is 0 Å². The molecule has 20 heavy (non-hydrogen) atoms. The monoisotopic (exact) mass is 340 g/mol. The summed E-state index contributed by atoms with van der Waals surface area (Å²) in [6.07, 6.45) is 5.29. The number of nitro groups is 1. The predicted molar refractivity (Wildman–Crippen MR) is 83.6 cm³/mol. The molecular weight excluding hydrogens is 320 g/mol. The third-order valence-corrected chi connectivity index (χ3v) is 4.68. The van der Waals surface area contributed by atoms with Crippen molar-refractivity contribution in [3.63, 3.8) is 0 Å². The van der Waals surface area contributed by atoms with Gasteiger partial charge in [-0.2, -0.15) is 0 Å². The van der Waals surface area contributed by atoms with Gasteiger partial charge in [0.05, 0.1) is 9.40 Å². The van der Waals surface area contributed by atoms with Crippen LogP contribution in [0.2, 0.25) is 0 Å². The number of benzene rings is 1. The molecule has 0 radical (unpaired) electrons. The highest BCUT2D eigenvalue weighted by Crippen LogP contribution is 2.28. The number of nitrogens with zero attached hydrogens (tertiary/aromatic N) is 1. The van der Waals surface area contributed by atoms with E-state index >= 15 is 0 Å². The molecule has 0 amide bonds. The minimum Gasteiger partial charge on any atom is -0.312 e. The van der Waals surface area contributed by atoms with Gasteiger partial charge in [0, 0.05) is 12.6 Å². The normalized spacial score (nSPS) is 22.7. The summed E-state index contributed by atoms with van der Waals surface area (Å²) in [5.74, 6) is 1.59. The molecule has 1 saturated carbocycles. The van der Waals surface area contributed by atoms with E-state index in [1.54, 1.807) is 12.1 Å². The molecule has 2 unspecified atom stereocenters. The van der Waals surface area contributed by atoms with Gasteiger partial charge in [-0.15, -0.1) is 0 Å². The standard InChI is InChI=1S/C15H21BrN2O2/c1-11-3-2-4-12(7-11)9-17-10-13-5-6-14(16)15(8-13)18(19)20/h5-6,8,11-12,17H,2-4,7,9-10H2,1H3. The topological polar surface area (TPSA) is 55.2 Å². The lowest BCUT2D eigenvalue weighted by atomic mass is 9.82. The first kappa shape index (κ1) is 15.4. The lowest BCUT2D eigenvalue weighted by Crippen LogP contribution is -2.26. The van der Waals surface area contributed by atoms with E-state index in [1.165, 1.54) is 25.7 Å². The van der Waals surface area contributed by atoms with E-state index in [9.17, 15) is 10.1 Å². The Morgan fingerprint density at radius 3 is 2.95 bits per heavy atom. The zero-order chi connectivity index (χ0) is 14.5. The first-order chi connectivity index (χ1) is 9.56. The van der Waals surface area contributed by atoms with Gasteiger partial charge in [-0.1, -0.05) is 25.8 Å².